The first-order valence-electron chi connectivity index (χ1n) is 16.9. The van der Waals surface area contributed by atoms with Gasteiger partial charge in [0.1, 0.15) is 11.5 Å². The van der Waals surface area contributed by atoms with E-state index < -0.39 is 0 Å². The van der Waals surface area contributed by atoms with Gasteiger partial charge in [0.25, 0.3) is 11.8 Å². The third kappa shape index (κ3) is 5.56. The quantitative estimate of drug-likeness (QED) is 0.238. The highest BCUT2D eigenvalue weighted by atomic mass is 16.2. The third-order valence-corrected chi connectivity index (χ3v) is 10.1. The van der Waals surface area contributed by atoms with Crippen LogP contribution in [0.1, 0.15) is 70.2 Å². The second-order valence-electron chi connectivity index (χ2n) is 13.1. The van der Waals surface area contributed by atoms with Crippen molar-refractivity contribution in [3.8, 4) is 22.5 Å². The summed E-state index contributed by atoms with van der Waals surface area (Å²) in [6, 6.07) is 17.7. The van der Waals surface area contributed by atoms with E-state index >= 15 is 0 Å². The van der Waals surface area contributed by atoms with Gasteiger partial charge in [0, 0.05) is 74.0 Å². The number of benzene rings is 2. The van der Waals surface area contributed by atoms with Crippen LogP contribution in [0.2, 0.25) is 0 Å². The fourth-order valence-electron chi connectivity index (χ4n) is 7.46. The van der Waals surface area contributed by atoms with Crippen LogP contribution in [0.25, 0.3) is 38.9 Å². The van der Waals surface area contributed by atoms with Crippen molar-refractivity contribution in [1.82, 2.24) is 35.1 Å². The van der Waals surface area contributed by atoms with Gasteiger partial charge in [-0.25, -0.2) is 4.98 Å². The van der Waals surface area contributed by atoms with Crippen molar-refractivity contribution in [3.05, 3.63) is 107 Å². The predicted octanol–water partition coefficient (Wildman–Crippen LogP) is 5.55. The summed E-state index contributed by atoms with van der Waals surface area (Å²) in [5.74, 6) is 1.18. The molecule has 1 atom stereocenters. The molecule has 0 saturated heterocycles. The number of aryl methyl sites for hydroxylation is 1. The zero-order chi connectivity index (χ0) is 33.6. The minimum absolute atomic E-state index is 0.0126. The van der Waals surface area contributed by atoms with E-state index in [-0.39, 0.29) is 17.7 Å². The van der Waals surface area contributed by atoms with Crippen LogP contribution >= 0.6 is 0 Å². The number of pyridine rings is 2. The van der Waals surface area contributed by atoms with Gasteiger partial charge in [-0.3, -0.25) is 24.4 Å². The number of allylic oxidation sites excluding steroid dienone is 2. The number of aromatic nitrogens is 4. The Hall–Kier alpha value is -5.64. The molecule has 1 aliphatic carbocycles. The lowest BCUT2D eigenvalue weighted by Gasteiger charge is -2.28. The molecule has 0 saturated carbocycles. The lowest BCUT2D eigenvalue weighted by atomic mass is 9.94. The average molecular weight is 652 g/mol. The van der Waals surface area contributed by atoms with E-state index in [1.54, 1.807) is 19.2 Å². The number of carbonyl (C=O) groups is 3. The second kappa shape index (κ2) is 12.4. The molecule has 0 spiro atoms. The topological polar surface area (TPSA) is 122 Å². The maximum Gasteiger partial charge on any atom is 0.269 e. The summed E-state index contributed by atoms with van der Waals surface area (Å²) in [5.41, 5.74) is 9.11. The molecule has 2 aliphatic heterocycles. The Morgan fingerprint density at radius 3 is 2.65 bits per heavy atom. The lowest BCUT2D eigenvalue weighted by molar-refractivity contribution is -0.130. The van der Waals surface area contributed by atoms with Gasteiger partial charge < -0.3 is 20.1 Å². The first-order chi connectivity index (χ1) is 23.9. The van der Waals surface area contributed by atoms with Crippen LogP contribution in [0.5, 0.6) is 0 Å². The summed E-state index contributed by atoms with van der Waals surface area (Å²) < 4.78 is 2.26. The molecular formula is C39H37N7O3. The summed E-state index contributed by atoms with van der Waals surface area (Å²) in [6.07, 6.45) is 8.36. The standard InChI is InChI=1S/C39H37N7O3/c1-3-36-44-37(35-22-45(23(2)47)14-15-46(35)36)29-8-4-6-25-17-34(41-20-31(25)29)27-12-13-33(40-19-27)39(49)42-18-24-10-11-26(16-24)28-7-5-9-30-32(28)21-43-38(30)48/h4-9,11-13,17,19-20,24H,3,10,14-16,18,21-22H2,1-2H3,(H,42,49)(H,43,48). The normalized spacial score (nSPS) is 16.7. The summed E-state index contributed by atoms with van der Waals surface area (Å²) in [7, 11) is 0. The Bertz CT molecular complexity index is 2180. The minimum atomic E-state index is -0.204. The van der Waals surface area contributed by atoms with Gasteiger partial charge >= 0.3 is 0 Å². The minimum Gasteiger partial charge on any atom is -0.350 e. The van der Waals surface area contributed by atoms with Gasteiger partial charge in [0.05, 0.1) is 23.6 Å². The number of rotatable bonds is 7. The van der Waals surface area contributed by atoms with Crippen molar-refractivity contribution in [2.75, 3.05) is 13.1 Å². The smallest absolute Gasteiger partial charge is 0.269 e. The Balaban J connectivity index is 0.952. The summed E-state index contributed by atoms with van der Waals surface area (Å²) in [4.78, 5) is 53.5. The number of hydrogen-bond donors (Lipinski definition) is 2. The fraction of sp³-hybridized carbons (Fsp3) is 0.282. The van der Waals surface area contributed by atoms with Crippen LogP contribution < -0.4 is 10.6 Å². The molecule has 2 N–H and O–H groups in total. The molecule has 3 amide bonds. The highest BCUT2D eigenvalue weighted by molar-refractivity contribution is 6.00. The fourth-order valence-corrected chi connectivity index (χ4v) is 7.46. The Labute approximate surface area is 284 Å². The maximum absolute atomic E-state index is 13.0. The van der Waals surface area contributed by atoms with Gasteiger partial charge in [0.2, 0.25) is 5.91 Å². The Morgan fingerprint density at radius 2 is 1.84 bits per heavy atom. The molecule has 3 aromatic heterocycles. The predicted molar refractivity (Wildman–Crippen MR) is 187 cm³/mol. The molecule has 49 heavy (non-hydrogen) atoms. The molecule has 0 radical (unpaired) electrons. The number of nitrogens with one attached hydrogen (secondary N) is 2. The Kier molecular flexibility index (Phi) is 7.78. The number of nitrogens with zero attached hydrogens (tertiary/aromatic N) is 5. The summed E-state index contributed by atoms with van der Waals surface area (Å²) in [6.45, 7) is 6.83. The summed E-state index contributed by atoms with van der Waals surface area (Å²) in [5, 5.41) is 8.00. The van der Waals surface area contributed by atoms with Crippen molar-refractivity contribution in [1.29, 1.82) is 0 Å². The van der Waals surface area contributed by atoms with E-state index in [1.807, 2.05) is 41.4 Å². The molecule has 5 aromatic rings. The number of hydrogen-bond acceptors (Lipinski definition) is 6. The van der Waals surface area contributed by atoms with Gasteiger partial charge in [0.15, 0.2) is 0 Å². The third-order valence-electron chi connectivity index (χ3n) is 10.1. The molecule has 10 nitrogen and oxygen atoms in total. The SMILES string of the molecule is CCc1nc(-c2cccc3cc(-c4ccc(C(=O)NCC5CC=C(c6cccc7c6CNC7=O)C5)nc4)ncc23)c2n1CCN(C(C)=O)C2. The van der Waals surface area contributed by atoms with Crippen LogP contribution in [0.4, 0.5) is 0 Å². The first-order valence-corrected chi connectivity index (χ1v) is 16.9. The largest absolute Gasteiger partial charge is 0.350 e. The van der Waals surface area contributed by atoms with E-state index in [9.17, 15) is 14.4 Å². The number of carbonyl (C=O) groups excluding carboxylic acids is 3. The van der Waals surface area contributed by atoms with Crippen molar-refractivity contribution in [3.63, 3.8) is 0 Å². The van der Waals surface area contributed by atoms with Crippen LogP contribution in [-0.2, 0) is 30.8 Å². The van der Waals surface area contributed by atoms with E-state index in [4.69, 9.17) is 9.97 Å². The van der Waals surface area contributed by atoms with Crippen LogP contribution in [0, 0.1) is 5.92 Å². The zero-order valence-corrected chi connectivity index (χ0v) is 27.6. The van der Waals surface area contributed by atoms with E-state index in [1.165, 1.54) is 5.57 Å². The highest BCUT2D eigenvalue weighted by Gasteiger charge is 2.28. The lowest BCUT2D eigenvalue weighted by Crippen LogP contribution is -2.37. The molecule has 0 bridgehead atoms. The molecule has 5 heterocycles. The second-order valence-corrected chi connectivity index (χ2v) is 13.1. The number of amides is 3. The average Bonchev–Trinajstić information content (AvgIpc) is 3.87. The van der Waals surface area contributed by atoms with Crippen LogP contribution in [0.15, 0.2) is 73.1 Å². The number of imidazole rings is 1. The molecule has 8 rings (SSSR count). The molecule has 10 heteroatoms. The van der Waals surface area contributed by atoms with E-state index in [0.717, 1.165) is 87.3 Å². The first kappa shape index (κ1) is 30.7. The van der Waals surface area contributed by atoms with Gasteiger partial charge in [-0.1, -0.05) is 43.3 Å². The Morgan fingerprint density at radius 1 is 1.00 bits per heavy atom. The molecule has 2 aromatic carbocycles. The molecule has 1 unspecified atom stereocenters. The monoisotopic (exact) mass is 651 g/mol. The van der Waals surface area contributed by atoms with Crippen molar-refractivity contribution in [2.24, 2.45) is 5.92 Å². The van der Waals surface area contributed by atoms with Crippen molar-refractivity contribution < 1.29 is 14.4 Å². The van der Waals surface area contributed by atoms with Gasteiger partial charge in [-0.15, -0.1) is 0 Å². The van der Waals surface area contributed by atoms with Crippen molar-refractivity contribution >= 4 is 34.1 Å². The zero-order valence-electron chi connectivity index (χ0n) is 27.6. The molecule has 0 fully saturated rings. The molecule has 246 valence electrons. The maximum atomic E-state index is 13.0. The number of fused-ring (bicyclic) bond motifs is 3. The van der Waals surface area contributed by atoms with Gasteiger partial charge in [-0.05, 0) is 65.1 Å². The van der Waals surface area contributed by atoms with E-state index in [0.29, 0.717) is 37.8 Å². The van der Waals surface area contributed by atoms with Crippen LogP contribution in [-0.4, -0.2) is 55.2 Å². The van der Waals surface area contributed by atoms with Gasteiger partial charge in [-0.2, -0.15) is 0 Å². The summed E-state index contributed by atoms with van der Waals surface area (Å²) >= 11 is 0. The van der Waals surface area contributed by atoms with E-state index in [2.05, 4.69) is 51.4 Å². The highest BCUT2D eigenvalue weighted by Crippen LogP contribution is 2.37. The van der Waals surface area contributed by atoms with Crippen LogP contribution in [0.3, 0.4) is 0 Å². The molecular weight excluding hydrogens is 614 g/mol. The van der Waals surface area contributed by atoms with Crippen molar-refractivity contribution in [2.45, 2.75) is 52.7 Å². The molecule has 3 aliphatic rings.